The van der Waals surface area contributed by atoms with Crippen molar-refractivity contribution < 1.29 is 0 Å². The quantitative estimate of drug-likeness (QED) is 0.835. The molecule has 1 fully saturated rings. The molecule has 1 saturated heterocycles. The normalized spacial score (nSPS) is 20.9. The summed E-state index contributed by atoms with van der Waals surface area (Å²) < 4.78 is 2.23. The van der Waals surface area contributed by atoms with Crippen molar-refractivity contribution in [1.82, 2.24) is 19.9 Å². The van der Waals surface area contributed by atoms with Crippen molar-refractivity contribution in [3.05, 3.63) is 24.0 Å². The Morgan fingerprint density at radius 3 is 3.13 bits per heavy atom. The Morgan fingerprint density at radius 2 is 2.40 bits per heavy atom. The van der Waals surface area contributed by atoms with Crippen molar-refractivity contribution in [2.75, 3.05) is 13.1 Å². The van der Waals surface area contributed by atoms with Gasteiger partial charge in [0.1, 0.15) is 0 Å². The van der Waals surface area contributed by atoms with Crippen LogP contribution in [-0.2, 0) is 0 Å². The van der Waals surface area contributed by atoms with Crippen LogP contribution >= 0.6 is 11.3 Å². The van der Waals surface area contributed by atoms with Crippen LogP contribution in [0.4, 0.5) is 0 Å². The van der Waals surface area contributed by atoms with Gasteiger partial charge < -0.3 is 9.88 Å². The molecule has 1 aliphatic heterocycles. The van der Waals surface area contributed by atoms with Crippen LogP contribution in [-0.4, -0.2) is 27.6 Å². The lowest BCUT2D eigenvalue weighted by atomic mass is 10.2. The Morgan fingerprint density at radius 1 is 1.40 bits per heavy atom. The van der Waals surface area contributed by atoms with Crippen LogP contribution in [0, 0.1) is 0 Å². The second-order valence-electron chi connectivity index (χ2n) is 3.64. The molecule has 3 rings (SSSR count). The number of thiazole rings is 1. The van der Waals surface area contributed by atoms with Crippen LogP contribution in [0.2, 0.25) is 0 Å². The number of nitrogens with one attached hydrogen (secondary N) is 1. The average Bonchev–Trinajstić information content (AvgIpc) is 3.01. The molecule has 0 saturated carbocycles. The molecule has 0 bridgehead atoms. The summed E-state index contributed by atoms with van der Waals surface area (Å²) in [5.41, 5.74) is 0. The lowest BCUT2D eigenvalue weighted by Gasteiger charge is -2.12. The van der Waals surface area contributed by atoms with Gasteiger partial charge in [-0.25, -0.2) is 9.97 Å². The third-order valence-electron chi connectivity index (χ3n) is 2.72. The first kappa shape index (κ1) is 9.06. The Balaban J connectivity index is 1.98. The predicted octanol–water partition coefficient (Wildman–Crippen LogP) is 1.54. The summed E-state index contributed by atoms with van der Waals surface area (Å²) in [5, 5.41) is 6.36. The van der Waals surface area contributed by atoms with E-state index >= 15 is 0 Å². The monoisotopic (exact) mass is 220 g/mol. The SMILES string of the molecule is c1csc(-c2nccn2[C@@H]2CCNC2)n1. The van der Waals surface area contributed by atoms with E-state index in [0.717, 1.165) is 23.9 Å². The highest BCUT2D eigenvalue weighted by molar-refractivity contribution is 7.13. The van der Waals surface area contributed by atoms with Crippen LogP contribution in [0.15, 0.2) is 24.0 Å². The number of imidazole rings is 1. The second kappa shape index (κ2) is 3.75. The van der Waals surface area contributed by atoms with E-state index in [1.54, 1.807) is 11.3 Å². The standard InChI is InChI=1S/C10H12N4S/c1-2-11-7-8(1)14-5-3-12-9(14)10-13-4-6-15-10/h3-6,8,11H,1-2,7H2/t8-/m1/s1. The summed E-state index contributed by atoms with van der Waals surface area (Å²) in [6.45, 7) is 2.13. The molecule has 0 unspecified atom stereocenters. The number of nitrogens with zero attached hydrogens (tertiary/aromatic N) is 3. The Bertz CT molecular complexity index is 428. The molecular formula is C10H12N4S. The minimum absolute atomic E-state index is 0.534. The van der Waals surface area contributed by atoms with Crippen LogP contribution in [0.5, 0.6) is 0 Å². The molecule has 2 aromatic rings. The third-order valence-corrected chi connectivity index (χ3v) is 3.49. The van der Waals surface area contributed by atoms with Crippen LogP contribution in [0.1, 0.15) is 12.5 Å². The molecule has 0 aromatic carbocycles. The fourth-order valence-electron chi connectivity index (χ4n) is 1.98. The average molecular weight is 220 g/mol. The maximum absolute atomic E-state index is 4.39. The van der Waals surface area contributed by atoms with E-state index in [2.05, 4.69) is 26.0 Å². The summed E-state index contributed by atoms with van der Waals surface area (Å²) >= 11 is 1.64. The molecule has 1 N–H and O–H groups in total. The third kappa shape index (κ3) is 1.57. The zero-order valence-corrected chi connectivity index (χ0v) is 9.07. The molecule has 0 spiro atoms. The van der Waals surface area contributed by atoms with E-state index in [-0.39, 0.29) is 0 Å². The fourth-order valence-corrected chi connectivity index (χ4v) is 2.62. The highest BCUT2D eigenvalue weighted by Gasteiger charge is 2.20. The zero-order chi connectivity index (χ0) is 10.1. The van der Waals surface area contributed by atoms with E-state index in [9.17, 15) is 0 Å². The fraction of sp³-hybridized carbons (Fsp3) is 0.400. The minimum Gasteiger partial charge on any atom is -0.325 e. The predicted molar refractivity (Wildman–Crippen MR) is 59.9 cm³/mol. The summed E-state index contributed by atoms with van der Waals surface area (Å²) in [6.07, 6.45) is 6.91. The van der Waals surface area contributed by atoms with Gasteiger partial charge in [0, 0.05) is 36.6 Å². The molecule has 5 heteroatoms. The lowest BCUT2D eigenvalue weighted by molar-refractivity contribution is 0.552. The van der Waals surface area contributed by atoms with Crippen molar-refractivity contribution in [1.29, 1.82) is 0 Å². The molecule has 15 heavy (non-hydrogen) atoms. The van der Waals surface area contributed by atoms with E-state index in [1.165, 1.54) is 6.42 Å². The van der Waals surface area contributed by atoms with Gasteiger partial charge in [-0.2, -0.15) is 0 Å². The van der Waals surface area contributed by atoms with E-state index in [1.807, 2.05) is 17.8 Å². The van der Waals surface area contributed by atoms with Gasteiger partial charge in [-0.15, -0.1) is 11.3 Å². The smallest absolute Gasteiger partial charge is 0.169 e. The highest BCUT2D eigenvalue weighted by atomic mass is 32.1. The topological polar surface area (TPSA) is 42.7 Å². The summed E-state index contributed by atoms with van der Waals surface area (Å²) in [6, 6.07) is 0.534. The molecule has 0 radical (unpaired) electrons. The van der Waals surface area contributed by atoms with Crippen molar-refractivity contribution in [2.45, 2.75) is 12.5 Å². The molecular weight excluding hydrogens is 208 g/mol. The molecule has 0 amide bonds. The molecule has 1 atom stereocenters. The van der Waals surface area contributed by atoms with Crippen molar-refractivity contribution in [2.24, 2.45) is 0 Å². The van der Waals surface area contributed by atoms with E-state index < -0.39 is 0 Å². The zero-order valence-electron chi connectivity index (χ0n) is 8.26. The Hall–Kier alpha value is -1.20. The van der Waals surface area contributed by atoms with Crippen molar-refractivity contribution in [3.8, 4) is 10.8 Å². The largest absolute Gasteiger partial charge is 0.325 e. The first-order valence-electron chi connectivity index (χ1n) is 5.08. The molecule has 3 heterocycles. The van der Waals surface area contributed by atoms with Gasteiger partial charge in [0.25, 0.3) is 0 Å². The first-order valence-corrected chi connectivity index (χ1v) is 5.96. The van der Waals surface area contributed by atoms with Crippen molar-refractivity contribution in [3.63, 3.8) is 0 Å². The van der Waals surface area contributed by atoms with Crippen LogP contribution in [0.3, 0.4) is 0 Å². The van der Waals surface area contributed by atoms with Crippen LogP contribution in [0.25, 0.3) is 10.8 Å². The van der Waals surface area contributed by atoms with Gasteiger partial charge in [-0.05, 0) is 13.0 Å². The summed E-state index contributed by atoms with van der Waals surface area (Å²) in [4.78, 5) is 8.69. The molecule has 2 aromatic heterocycles. The first-order chi connectivity index (χ1) is 7.45. The summed E-state index contributed by atoms with van der Waals surface area (Å²) in [7, 11) is 0. The lowest BCUT2D eigenvalue weighted by Crippen LogP contribution is -2.13. The van der Waals surface area contributed by atoms with Gasteiger partial charge >= 0.3 is 0 Å². The maximum Gasteiger partial charge on any atom is 0.169 e. The number of rotatable bonds is 2. The Labute approximate surface area is 92.0 Å². The second-order valence-corrected chi connectivity index (χ2v) is 4.54. The molecule has 4 nitrogen and oxygen atoms in total. The number of hydrogen-bond acceptors (Lipinski definition) is 4. The minimum atomic E-state index is 0.534. The van der Waals surface area contributed by atoms with Gasteiger partial charge in [-0.1, -0.05) is 0 Å². The van der Waals surface area contributed by atoms with E-state index in [0.29, 0.717) is 6.04 Å². The number of hydrogen-bond donors (Lipinski definition) is 1. The van der Waals surface area contributed by atoms with Gasteiger partial charge in [0.15, 0.2) is 10.8 Å². The molecule has 0 aliphatic carbocycles. The van der Waals surface area contributed by atoms with Gasteiger partial charge in [-0.3, -0.25) is 0 Å². The summed E-state index contributed by atoms with van der Waals surface area (Å²) in [5.74, 6) is 0.999. The molecule has 78 valence electrons. The van der Waals surface area contributed by atoms with Crippen LogP contribution < -0.4 is 5.32 Å². The number of aromatic nitrogens is 3. The van der Waals surface area contributed by atoms with Crippen molar-refractivity contribution >= 4 is 11.3 Å². The van der Waals surface area contributed by atoms with Gasteiger partial charge in [0.05, 0.1) is 0 Å². The highest BCUT2D eigenvalue weighted by Crippen LogP contribution is 2.25. The Kier molecular flexibility index (Phi) is 2.26. The maximum atomic E-state index is 4.39. The molecule has 1 aliphatic rings. The van der Waals surface area contributed by atoms with E-state index in [4.69, 9.17) is 0 Å². The van der Waals surface area contributed by atoms with Gasteiger partial charge in [0.2, 0.25) is 0 Å².